The molecule has 3 aliphatic heterocycles. The fourth-order valence-electron chi connectivity index (χ4n) is 5.83. The Labute approximate surface area is 181 Å². The monoisotopic (exact) mass is 431 g/mol. The summed E-state index contributed by atoms with van der Waals surface area (Å²) in [7, 11) is 3.09. The van der Waals surface area contributed by atoms with E-state index in [1.54, 1.807) is 31.4 Å². The molecule has 1 aromatic rings. The number of carbonyl (C=O) groups excluding carboxylic acids is 3. The molecule has 2 bridgehead atoms. The van der Waals surface area contributed by atoms with Crippen LogP contribution >= 0.6 is 0 Å². The molecule has 9 nitrogen and oxygen atoms in total. The van der Waals surface area contributed by atoms with E-state index in [9.17, 15) is 19.5 Å². The number of anilines is 1. The van der Waals surface area contributed by atoms with Crippen LogP contribution in [0.25, 0.3) is 0 Å². The van der Waals surface area contributed by atoms with Crippen molar-refractivity contribution in [3.8, 4) is 5.75 Å². The summed E-state index contributed by atoms with van der Waals surface area (Å²) in [6.07, 6.45) is 0.482. The number of rotatable bonds is 6. The molecule has 3 saturated heterocycles. The van der Waals surface area contributed by atoms with Crippen LogP contribution in [0.5, 0.6) is 5.75 Å². The molecule has 0 aromatic heterocycles. The molecule has 6 atom stereocenters. The lowest BCUT2D eigenvalue weighted by Crippen LogP contribution is -2.54. The predicted molar refractivity (Wildman–Crippen MR) is 111 cm³/mol. The lowest BCUT2D eigenvalue weighted by molar-refractivity contribution is -0.146. The molecule has 3 aliphatic rings. The first-order valence-electron chi connectivity index (χ1n) is 10.5. The third-order valence-electron chi connectivity index (χ3n) is 7.29. The molecular formula is C22H29N3O6. The van der Waals surface area contributed by atoms with E-state index in [0.717, 1.165) is 0 Å². The van der Waals surface area contributed by atoms with Crippen molar-refractivity contribution in [2.45, 2.75) is 37.5 Å². The zero-order chi connectivity index (χ0) is 22.6. The minimum absolute atomic E-state index is 0.00724. The largest absolute Gasteiger partial charge is 0.497 e. The van der Waals surface area contributed by atoms with Gasteiger partial charge in [0.15, 0.2) is 0 Å². The SMILES string of the molecule is CNC(=O)[C@@H]1[C@H]2C(=O)N(CCO)C(C(=O)Nc3ccc(OC)cc3)C23CC(C)[C@@]1(C)O3. The first-order chi connectivity index (χ1) is 14.7. The van der Waals surface area contributed by atoms with Crippen LogP contribution in [-0.4, -0.2) is 72.3 Å². The Morgan fingerprint density at radius 2 is 1.97 bits per heavy atom. The molecule has 9 heteroatoms. The highest BCUT2D eigenvalue weighted by Crippen LogP contribution is 2.65. The van der Waals surface area contributed by atoms with E-state index in [0.29, 0.717) is 17.9 Å². The second kappa shape index (κ2) is 7.49. The summed E-state index contributed by atoms with van der Waals surface area (Å²) in [6, 6.07) is 5.93. The summed E-state index contributed by atoms with van der Waals surface area (Å²) < 4.78 is 11.6. The van der Waals surface area contributed by atoms with Gasteiger partial charge < -0.3 is 30.1 Å². The van der Waals surface area contributed by atoms with Gasteiger partial charge in [0, 0.05) is 19.3 Å². The van der Waals surface area contributed by atoms with E-state index in [1.807, 2.05) is 13.8 Å². The highest BCUT2D eigenvalue weighted by Gasteiger charge is 2.79. The van der Waals surface area contributed by atoms with Gasteiger partial charge in [-0.05, 0) is 43.5 Å². The Morgan fingerprint density at radius 3 is 2.55 bits per heavy atom. The van der Waals surface area contributed by atoms with Crippen LogP contribution in [0, 0.1) is 17.8 Å². The fourth-order valence-corrected chi connectivity index (χ4v) is 5.83. The highest BCUT2D eigenvalue weighted by molar-refractivity contribution is 6.03. The Bertz CT molecular complexity index is 905. The summed E-state index contributed by atoms with van der Waals surface area (Å²) >= 11 is 0. The van der Waals surface area contributed by atoms with Crippen LogP contribution in [-0.2, 0) is 19.1 Å². The molecule has 0 saturated carbocycles. The number of nitrogens with zero attached hydrogens (tertiary/aromatic N) is 1. The van der Waals surface area contributed by atoms with Gasteiger partial charge in [0.2, 0.25) is 17.7 Å². The lowest BCUT2D eigenvalue weighted by Gasteiger charge is -2.36. The molecule has 3 N–H and O–H groups in total. The zero-order valence-electron chi connectivity index (χ0n) is 18.2. The van der Waals surface area contributed by atoms with Gasteiger partial charge >= 0.3 is 0 Å². The van der Waals surface area contributed by atoms with Crippen LogP contribution in [0.3, 0.4) is 0 Å². The molecule has 3 unspecified atom stereocenters. The van der Waals surface area contributed by atoms with Gasteiger partial charge in [0.1, 0.15) is 17.4 Å². The maximum Gasteiger partial charge on any atom is 0.250 e. The number of ether oxygens (including phenoxy) is 2. The summed E-state index contributed by atoms with van der Waals surface area (Å²) in [4.78, 5) is 41.1. The van der Waals surface area contributed by atoms with Crippen molar-refractivity contribution >= 4 is 23.4 Å². The van der Waals surface area contributed by atoms with Gasteiger partial charge in [-0.2, -0.15) is 0 Å². The Kier molecular flexibility index (Phi) is 5.21. The second-order valence-electron chi connectivity index (χ2n) is 8.79. The summed E-state index contributed by atoms with van der Waals surface area (Å²) in [6.45, 7) is 3.54. The minimum Gasteiger partial charge on any atom is -0.497 e. The Morgan fingerprint density at radius 1 is 1.29 bits per heavy atom. The van der Waals surface area contributed by atoms with Crippen LogP contribution in [0.4, 0.5) is 5.69 Å². The van der Waals surface area contributed by atoms with Gasteiger partial charge in [-0.1, -0.05) is 6.92 Å². The van der Waals surface area contributed by atoms with Crippen molar-refractivity contribution in [1.82, 2.24) is 10.2 Å². The number of hydrogen-bond donors (Lipinski definition) is 3. The van der Waals surface area contributed by atoms with Gasteiger partial charge in [0.05, 0.1) is 31.2 Å². The Hall–Kier alpha value is -2.65. The van der Waals surface area contributed by atoms with Gasteiger partial charge in [-0.25, -0.2) is 0 Å². The molecule has 3 amide bonds. The second-order valence-corrected chi connectivity index (χ2v) is 8.79. The third-order valence-corrected chi connectivity index (χ3v) is 7.29. The van der Waals surface area contributed by atoms with Crippen molar-refractivity contribution in [2.75, 3.05) is 32.6 Å². The quantitative estimate of drug-likeness (QED) is 0.600. The van der Waals surface area contributed by atoms with Gasteiger partial charge in [-0.15, -0.1) is 0 Å². The molecule has 1 spiro atoms. The van der Waals surface area contributed by atoms with Crippen LogP contribution < -0.4 is 15.4 Å². The fraction of sp³-hybridized carbons (Fsp3) is 0.591. The number of carbonyl (C=O) groups is 3. The standard InChI is InChI=1S/C22H29N3O6/c1-12-11-22-16(15(18(27)23-3)21(12,2)31-22)20(29)25(9-10-26)17(22)19(28)24-13-5-7-14(30-4)8-6-13/h5-8,12,15-17,26H,9-11H2,1-4H3,(H,23,27)(H,24,28)/t12?,15-,16-,17?,21+,22?/m0/s1. The van der Waals surface area contributed by atoms with Crippen molar-refractivity contribution in [3.63, 3.8) is 0 Å². The number of aliphatic hydroxyl groups is 1. The molecule has 0 aliphatic carbocycles. The number of nitrogens with one attached hydrogen (secondary N) is 2. The predicted octanol–water partition coefficient (Wildman–Crippen LogP) is 0.383. The molecule has 31 heavy (non-hydrogen) atoms. The smallest absolute Gasteiger partial charge is 0.250 e. The Balaban J connectivity index is 1.73. The van der Waals surface area contributed by atoms with E-state index < -0.39 is 35.0 Å². The van der Waals surface area contributed by atoms with E-state index in [4.69, 9.17) is 9.47 Å². The molecule has 0 radical (unpaired) electrons. The number of likely N-dealkylation sites (tertiary alicyclic amines) is 1. The van der Waals surface area contributed by atoms with Crippen LogP contribution in [0.15, 0.2) is 24.3 Å². The third kappa shape index (κ3) is 2.94. The number of benzene rings is 1. The number of methoxy groups -OCH3 is 1. The molecular weight excluding hydrogens is 402 g/mol. The van der Waals surface area contributed by atoms with Crippen LogP contribution in [0.2, 0.25) is 0 Å². The maximum atomic E-state index is 13.5. The van der Waals surface area contributed by atoms with Crippen molar-refractivity contribution in [2.24, 2.45) is 17.8 Å². The number of β-amino-alcohol motifs (C(OH)–C–C–N with tert-alkyl or cyclic N) is 1. The van der Waals surface area contributed by atoms with Crippen molar-refractivity contribution in [1.29, 1.82) is 0 Å². The van der Waals surface area contributed by atoms with E-state index >= 15 is 0 Å². The summed E-state index contributed by atoms with van der Waals surface area (Å²) in [5, 5.41) is 15.1. The zero-order valence-corrected chi connectivity index (χ0v) is 18.2. The van der Waals surface area contributed by atoms with E-state index in [2.05, 4.69) is 10.6 Å². The first-order valence-corrected chi connectivity index (χ1v) is 10.5. The molecule has 3 heterocycles. The average Bonchev–Trinajstić information content (AvgIpc) is 3.25. The molecule has 168 valence electrons. The normalized spacial score (nSPS) is 35.8. The van der Waals surface area contributed by atoms with Crippen LogP contribution in [0.1, 0.15) is 20.3 Å². The highest BCUT2D eigenvalue weighted by atomic mass is 16.5. The number of hydrogen-bond acceptors (Lipinski definition) is 6. The lowest BCUT2D eigenvalue weighted by atomic mass is 9.62. The molecule has 4 rings (SSSR count). The number of fused-ring (bicyclic) bond motifs is 1. The van der Waals surface area contributed by atoms with E-state index in [1.165, 1.54) is 11.9 Å². The summed E-state index contributed by atoms with van der Waals surface area (Å²) in [5.74, 6) is -1.83. The average molecular weight is 431 g/mol. The van der Waals surface area contributed by atoms with Gasteiger partial charge in [-0.3, -0.25) is 14.4 Å². The number of amides is 3. The number of aliphatic hydroxyl groups excluding tert-OH is 1. The molecule has 1 aromatic carbocycles. The molecule has 3 fully saturated rings. The first kappa shape index (κ1) is 21.6. The van der Waals surface area contributed by atoms with E-state index in [-0.39, 0.29) is 30.9 Å². The van der Waals surface area contributed by atoms with Gasteiger partial charge in [0.25, 0.3) is 0 Å². The maximum absolute atomic E-state index is 13.5. The topological polar surface area (TPSA) is 117 Å². The van der Waals surface area contributed by atoms with Crippen molar-refractivity contribution in [3.05, 3.63) is 24.3 Å². The minimum atomic E-state index is -1.12. The summed E-state index contributed by atoms with van der Waals surface area (Å²) in [5.41, 5.74) is -1.41. The van der Waals surface area contributed by atoms with Crippen molar-refractivity contribution < 1.29 is 29.0 Å².